The predicted molar refractivity (Wildman–Crippen MR) is 132 cm³/mol. The highest BCUT2D eigenvalue weighted by Crippen LogP contribution is 2.55. The highest BCUT2D eigenvalue weighted by molar-refractivity contribution is 14.1. The average molecular weight is 565 g/mol. The van der Waals surface area contributed by atoms with Gasteiger partial charge in [-0.1, -0.05) is 89.3 Å². The van der Waals surface area contributed by atoms with Crippen molar-refractivity contribution in [3.63, 3.8) is 0 Å². The first-order valence-corrected chi connectivity index (χ1v) is 13.1. The van der Waals surface area contributed by atoms with Crippen molar-refractivity contribution in [2.24, 2.45) is 0 Å². The monoisotopic (exact) mass is 564 g/mol. The van der Waals surface area contributed by atoms with Gasteiger partial charge in [-0.2, -0.15) is 0 Å². The van der Waals surface area contributed by atoms with Crippen LogP contribution in [-0.4, -0.2) is 10.6 Å². The Kier molecular flexibility index (Phi) is 10.5. The predicted octanol–water partition coefficient (Wildman–Crippen LogP) is 3.15. The fourth-order valence-corrected chi connectivity index (χ4v) is 8.09. The topological polar surface area (TPSA) is 0 Å². The zero-order valence-corrected chi connectivity index (χ0v) is 20.7. The van der Waals surface area contributed by atoms with E-state index in [1.807, 2.05) is 0 Å². The smallest absolute Gasteiger partial charge is 0.115 e. The molecule has 0 amide bonds. The molecule has 0 unspecified atom stereocenters. The third kappa shape index (κ3) is 5.78. The molecule has 0 N–H and O–H groups in total. The van der Waals surface area contributed by atoms with Crippen LogP contribution in [0.4, 0.5) is 0 Å². The van der Waals surface area contributed by atoms with Gasteiger partial charge in [-0.3, -0.25) is 0 Å². The maximum Gasteiger partial charge on any atom is 0.115 e. The molecule has 0 aliphatic carbocycles. The van der Waals surface area contributed by atoms with Crippen molar-refractivity contribution < 1.29 is 17.0 Å². The van der Waals surface area contributed by atoms with E-state index in [0.29, 0.717) is 0 Å². The van der Waals surface area contributed by atoms with Crippen LogP contribution in [0.1, 0.15) is 19.3 Å². The average Bonchev–Trinajstić information content (AvgIpc) is 2.75. The summed E-state index contributed by atoms with van der Waals surface area (Å²) in [6.45, 7) is 0. The molecule has 3 rings (SSSR count). The third-order valence-electron chi connectivity index (χ3n) is 4.89. The van der Waals surface area contributed by atoms with Crippen molar-refractivity contribution in [1.82, 2.24) is 0 Å². The van der Waals surface area contributed by atoms with Crippen LogP contribution in [0.2, 0.25) is 0 Å². The molecule has 0 spiro atoms. The molecule has 3 aromatic rings. The minimum absolute atomic E-state index is 0. The summed E-state index contributed by atoms with van der Waals surface area (Å²) in [6, 6.07) is 33.3. The van der Waals surface area contributed by atoms with Crippen molar-refractivity contribution in [1.29, 1.82) is 0 Å². The molecule has 3 heteroatoms. The summed E-state index contributed by atoms with van der Waals surface area (Å²) in [4.78, 5) is 0. The quantitative estimate of drug-likeness (QED) is 0.123. The Bertz CT molecular complexity index is 722. The van der Waals surface area contributed by atoms with E-state index in [-0.39, 0.29) is 17.0 Å². The molecule has 0 bridgehead atoms. The number of halogens is 2. The van der Waals surface area contributed by atoms with Crippen LogP contribution in [0.3, 0.4) is 0 Å². The van der Waals surface area contributed by atoms with Gasteiger partial charge >= 0.3 is 0 Å². The molecule has 0 heterocycles. The van der Waals surface area contributed by atoms with Crippen molar-refractivity contribution in [2.75, 3.05) is 10.6 Å². The van der Waals surface area contributed by atoms with Crippen LogP contribution in [0.25, 0.3) is 0 Å². The lowest BCUT2D eigenvalue weighted by Crippen LogP contribution is -3.00. The molecule has 0 aliphatic rings. The molecule has 0 radical (unpaired) electrons. The van der Waals surface area contributed by atoms with Gasteiger partial charge in [-0.15, -0.1) is 0 Å². The largest absolute Gasteiger partial charge is 1.00 e. The fraction of sp³-hybridized carbons (Fsp3) is 0.200. The van der Waals surface area contributed by atoms with Gasteiger partial charge in [0.05, 0.1) is 6.16 Å². The zero-order chi connectivity index (χ0) is 18.8. The van der Waals surface area contributed by atoms with Crippen molar-refractivity contribution in [3.05, 3.63) is 103 Å². The van der Waals surface area contributed by atoms with Gasteiger partial charge in [-0.05, 0) is 60.1 Å². The van der Waals surface area contributed by atoms with Gasteiger partial charge < -0.3 is 17.0 Å². The number of alkyl halides is 1. The molecule has 0 aliphatic heterocycles. The zero-order valence-electron chi connectivity index (χ0n) is 16.1. The highest BCUT2D eigenvalue weighted by atomic mass is 127. The number of allylic oxidation sites excluding steroid dienone is 2. The molecule has 28 heavy (non-hydrogen) atoms. The van der Waals surface area contributed by atoms with Gasteiger partial charge in [0.15, 0.2) is 0 Å². The van der Waals surface area contributed by atoms with Crippen molar-refractivity contribution in [3.8, 4) is 0 Å². The van der Waals surface area contributed by atoms with E-state index in [1.165, 1.54) is 39.6 Å². The normalized spacial score (nSPS) is 11.3. The minimum Gasteiger partial charge on any atom is -1.00 e. The number of benzene rings is 3. The summed E-state index contributed by atoms with van der Waals surface area (Å²) >= 11 is 2.47. The molecule has 0 atom stereocenters. The van der Waals surface area contributed by atoms with E-state index in [4.69, 9.17) is 0 Å². The SMILES string of the molecule is ICCCCC=CC[P+](c1ccccc1)(c1ccccc1)c1ccccc1.[Br-]. The molecule has 146 valence electrons. The Morgan fingerprint density at radius 1 is 0.607 bits per heavy atom. The molecule has 0 nitrogen and oxygen atoms in total. The lowest BCUT2D eigenvalue weighted by molar-refractivity contribution is -0.00000516. The van der Waals surface area contributed by atoms with Crippen LogP contribution in [0, 0.1) is 0 Å². The first-order chi connectivity index (χ1) is 13.4. The number of rotatable bonds is 9. The summed E-state index contributed by atoms with van der Waals surface area (Å²) in [5.74, 6) is 0. The van der Waals surface area contributed by atoms with Crippen LogP contribution >= 0.6 is 29.9 Å². The summed E-state index contributed by atoms with van der Waals surface area (Å²) in [7, 11) is -1.70. The Hall–Kier alpha value is -0.960. The van der Waals surface area contributed by atoms with Gasteiger partial charge in [-0.25, -0.2) is 0 Å². The van der Waals surface area contributed by atoms with Gasteiger partial charge in [0, 0.05) is 0 Å². The second-order valence-corrected chi connectivity index (χ2v) is 11.3. The van der Waals surface area contributed by atoms with E-state index in [9.17, 15) is 0 Å². The molecule has 0 saturated heterocycles. The Labute approximate surface area is 194 Å². The molecule has 0 aromatic heterocycles. The highest BCUT2D eigenvalue weighted by Gasteiger charge is 2.43. The molecule has 0 fully saturated rings. The Morgan fingerprint density at radius 3 is 1.43 bits per heavy atom. The van der Waals surface area contributed by atoms with E-state index in [0.717, 1.165) is 6.16 Å². The third-order valence-corrected chi connectivity index (χ3v) is 9.95. The molecule has 3 aromatic carbocycles. The minimum atomic E-state index is -1.70. The fourth-order valence-electron chi connectivity index (χ4n) is 3.52. The summed E-state index contributed by atoms with van der Waals surface area (Å²) in [5.41, 5.74) is 0. The molecular weight excluding hydrogens is 538 g/mol. The van der Waals surface area contributed by atoms with E-state index >= 15 is 0 Å². The molecular formula is C25H27BrIP. The van der Waals surface area contributed by atoms with Gasteiger partial charge in [0.2, 0.25) is 0 Å². The first-order valence-electron chi connectivity index (χ1n) is 9.64. The number of hydrogen-bond donors (Lipinski definition) is 0. The first kappa shape index (κ1) is 23.3. The Morgan fingerprint density at radius 2 is 1.04 bits per heavy atom. The van der Waals surface area contributed by atoms with Crippen molar-refractivity contribution >= 4 is 45.8 Å². The van der Waals surface area contributed by atoms with Gasteiger partial charge in [0.1, 0.15) is 23.2 Å². The lowest BCUT2D eigenvalue weighted by atomic mass is 10.2. The van der Waals surface area contributed by atoms with Crippen LogP contribution in [-0.2, 0) is 0 Å². The van der Waals surface area contributed by atoms with E-state index < -0.39 is 7.26 Å². The Balaban J connectivity index is 0.00000280. The molecule has 0 saturated carbocycles. The summed E-state index contributed by atoms with van der Waals surface area (Å²) < 4.78 is 1.25. The number of unbranched alkanes of at least 4 members (excludes halogenated alkanes) is 2. The van der Waals surface area contributed by atoms with Crippen molar-refractivity contribution in [2.45, 2.75) is 19.3 Å². The van der Waals surface area contributed by atoms with Crippen LogP contribution in [0.5, 0.6) is 0 Å². The summed E-state index contributed by atoms with van der Waals surface area (Å²) in [5, 5.41) is 4.37. The van der Waals surface area contributed by atoms with Gasteiger partial charge in [0.25, 0.3) is 0 Å². The number of hydrogen-bond acceptors (Lipinski definition) is 0. The second-order valence-electron chi connectivity index (χ2n) is 6.66. The van der Waals surface area contributed by atoms with E-state index in [1.54, 1.807) is 0 Å². The van der Waals surface area contributed by atoms with Crippen LogP contribution in [0.15, 0.2) is 103 Å². The van der Waals surface area contributed by atoms with Crippen LogP contribution < -0.4 is 32.9 Å². The second kappa shape index (κ2) is 12.6. The standard InChI is InChI=1S/C25H27IP.BrH/c26-21-13-2-1-3-14-22-27(23-15-7-4-8-16-23,24-17-9-5-10-18-24)25-19-11-6-12-20-25;/h3-12,14-20H,1-2,13,21-22H2;1H/q+1;/p-1. The lowest BCUT2D eigenvalue weighted by Gasteiger charge is -2.26. The summed E-state index contributed by atoms with van der Waals surface area (Å²) in [6.07, 6.45) is 9.69. The maximum absolute atomic E-state index is 2.47. The maximum atomic E-state index is 2.47. The van der Waals surface area contributed by atoms with E-state index in [2.05, 4.69) is 126 Å².